The number of fused-ring (bicyclic) bond motifs is 1. The molecule has 0 atom stereocenters. The van der Waals surface area contributed by atoms with Gasteiger partial charge in [-0.15, -0.1) is 11.8 Å². The van der Waals surface area contributed by atoms with Gasteiger partial charge in [0.15, 0.2) is 5.13 Å². The zero-order valence-electron chi connectivity index (χ0n) is 7.32. The summed E-state index contributed by atoms with van der Waals surface area (Å²) in [6.45, 7) is 3.71. The van der Waals surface area contributed by atoms with E-state index in [4.69, 9.17) is 5.73 Å². The Balaban J connectivity index is 0.000000720. The van der Waals surface area contributed by atoms with Gasteiger partial charge in [-0.05, 0) is 0 Å². The molecule has 0 saturated heterocycles. The molecule has 0 amide bonds. The fraction of sp³-hybridized carbons (Fsp3) is 0. The number of pyridine rings is 1. The number of aromatic nitrogens is 2. The fourth-order valence-electron chi connectivity index (χ4n) is 0.872. The Morgan fingerprint density at radius 2 is 2.00 bits per heavy atom. The largest absolute Gasteiger partial charge is 0.375 e. The summed E-state index contributed by atoms with van der Waals surface area (Å²) in [4.78, 5) is 9.08. The van der Waals surface area contributed by atoms with E-state index >= 15 is 0 Å². The van der Waals surface area contributed by atoms with Gasteiger partial charge in [0.25, 0.3) is 0 Å². The third-order valence-corrected chi connectivity index (χ3v) is 2.12. The molecule has 0 bridgehead atoms. The normalized spacial score (nSPS) is 8.92. The Morgan fingerprint density at radius 1 is 1.31 bits per heavy atom. The van der Waals surface area contributed by atoms with Crippen LogP contribution in [0.25, 0.3) is 10.3 Å². The molecule has 0 aliphatic carbocycles. The van der Waals surface area contributed by atoms with Crippen LogP contribution in [0.5, 0.6) is 0 Å². The van der Waals surface area contributed by atoms with Gasteiger partial charge in [0.1, 0.15) is 4.83 Å². The van der Waals surface area contributed by atoms with Crippen LogP contribution in [0.4, 0.5) is 5.13 Å². The molecule has 0 aliphatic heterocycles. The van der Waals surface area contributed by atoms with Crippen molar-refractivity contribution >= 4 is 26.8 Å². The summed E-state index contributed by atoms with van der Waals surface area (Å²) in [5, 5.41) is 0.554. The average molecular weight is 268 g/mol. The molecule has 0 saturated carbocycles. The van der Waals surface area contributed by atoms with Gasteiger partial charge in [-0.3, -0.25) is 4.98 Å². The van der Waals surface area contributed by atoms with Crippen molar-refractivity contribution < 1.29 is 32.7 Å². The molecule has 0 aromatic carbocycles. The van der Waals surface area contributed by atoms with Crippen molar-refractivity contribution in [3.05, 3.63) is 32.2 Å². The number of anilines is 1. The van der Waals surface area contributed by atoms with E-state index in [1.54, 1.807) is 0 Å². The molecule has 0 aliphatic rings. The van der Waals surface area contributed by atoms with Gasteiger partial charge in [0.2, 0.25) is 0 Å². The maximum atomic E-state index is 5.49. The first-order valence-corrected chi connectivity index (χ1v) is 3.92. The number of nitrogens with zero attached hydrogens (tertiary/aromatic N) is 2. The van der Waals surface area contributed by atoms with E-state index in [0.717, 1.165) is 16.0 Å². The van der Waals surface area contributed by atoms with Gasteiger partial charge in [-0.25, -0.2) is 11.9 Å². The molecule has 2 aromatic rings. The van der Waals surface area contributed by atoms with Crippen LogP contribution in [0.1, 0.15) is 5.69 Å². The minimum Gasteiger partial charge on any atom is -0.375 e. The summed E-state index contributed by atoms with van der Waals surface area (Å²) in [7, 11) is 0. The third kappa shape index (κ3) is 2.63. The zero-order valence-corrected chi connectivity index (χ0v) is 11.0. The fourth-order valence-corrected chi connectivity index (χ4v) is 1.60. The van der Waals surface area contributed by atoms with Gasteiger partial charge in [-0.2, -0.15) is 6.07 Å². The topological polar surface area (TPSA) is 51.8 Å². The maximum absolute atomic E-state index is 5.49. The molecule has 0 spiro atoms. The molecule has 2 aromatic heterocycles. The van der Waals surface area contributed by atoms with Crippen LogP contribution in [0, 0.1) is 14.4 Å². The SMILES string of the molecule is [CH2-]c1ccc2nc(N)sc2n1.[CH3-].[Y]. The van der Waals surface area contributed by atoms with E-state index in [0.29, 0.717) is 5.13 Å². The van der Waals surface area contributed by atoms with Crippen LogP contribution in [0.15, 0.2) is 12.1 Å². The molecule has 0 unspecified atom stereocenters. The summed E-state index contributed by atoms with van der Waals surface area (Å²) < 4.78 is 0. The molecular weight excluding hydrogens is 259 g/mol. The Morgan fingerprint density at radius 3 is 2.69 bits per heavy atom. The number of thiazole rings is 1. The quantitative estimate of drug-likeness (QED) is 0.742. The van der Waals surface area contributed by atoms with Crippen molar-refractivity contribution in [1.82, 2.24) is 9.97 Å². The molecule has 5 heteroatoms. The monoisotopic (exact) mass is 268 g/mol. The Hall–Kier alpha value is -0.186. The van der Waals surface area contributed by atoms with Crippen molar-refractivity contribution in [1.29, 1.82) is 0 Å². The zero-order chi connectivity index (χ0) is 7.84. The van der Waals surface area contributed by atoms with Crippen LogP contribution >= 0.6 is 11.3 Å². The first-order chi connectivity index (χ1) is 5.25. The first kappa shape index (κ1) is 12.8. The van der Waals surface area contributed by atoms with Crippen molar-refractivity contribution in [3.8, 4) is 0 Å². The predicted octanol–water partition coefficient (Wildman–Crippen LogP) is 1.90. The van der Waals surface area contributed by atoms with Gasteiger partial charge >= 0.3 is 0 Å². The second-order valence-corrected chi connectivity index (χ2v) is 3.19. The molecule has 2 rings (SSSR count). The van der Waals surface area contributed by atoms with E-state index in [1.807, 2.05) is 12.1 Å². The van der Waals surface area contributed by atoms with E-state index in [1.165, 1.54) is 11.3 Å². The summed E-state index contributed by atoms with van der Waals surface area (Å²) in [5.41, 5.74) is 7.09. The summed E-state index contributed by atoms with van der Waals surface area (Å²) in [6.07, 6.45) is 0. The number of hydrogen-bond donors (Lipinski definition) is 1. The van der Waals surface area contributed by atoms with Crippen LogP contribution in [0.2, 0.25) is 0 Å². The Bertz CT molecular complexity index is 399. The summed E-state index contributed by atoms with van der Waals surface area (Å²) in [6, 6.07) is 3.69. The molecular formula is C8H9N3SY-2. The number of nitrogens with two attached hydrogens (primary N) is 1. The van der Waals surface area contributed by atoms with Crippen molar-refractivity contribution in [2.75, 3.05) is 5.73 Å². The van der Waals surface area contributed by atoms with Crippen molar-refractivity contribution in [2.24, 2.45) is 0 Å². The smallest absolute Gasteiger partial charge is 0.182 e. The van der Waals surface area contributed by atoms with Gasteiger partial charge in [0, 0.05) is 32.7 Å². The molecule has 2 N–H and O–H groups in total. The van der Waals surface area contributed by atoms with Gasteiger partial charge in [0.05, 0.1) is 5.52 Å². The summed E-state index contributed by atoms with van der Waals surface area (Å²) >= 11 is 1.38. The molecule has 67 valence electrons. The average Bonchev–Trinajstić information content (AvgIpc) is 2.27. The minimum absolute atomic E-state index is 0. The molecule has 3 nitrogen and oxygen atoms in total. The standard InChI is InChI=1S/C7H6N3S.CH3.Y/c1-4-2-3-5-6(9-4)11-7(8)10-5;;/h2-3H,1H2,(H2,8,10);1H3;/q2*-1;. The van der Waals surface area contributed by atoms with E-state index in [9.17, 15) is 0 Å². The van der Waals surface area contributed by atoms with Gasteiger partial charge < -0.3 is 13.2 Å². The van der Waals surface area contributed by atoms with Crippen LogP contribution in [-0.4, -0.2) is 9.97 Å². The molecule has 0 fully saturated rings. The van der Waals surface area contributed by atoms with Gasteiger partial charge in [-0.1, -0.05) is 11.3 Å². The predicted molar refractivity (Wildman–Crippen MR) is 52.7 cm³/mol. The van der Waals surface area contributed by atoms with Crippen LogP contribution in [0.3, 0.4) is 0 Å². The molecule has 1 radical (unpaired) electrons. The molecule has 2 heterocycles. The number of hydrogen-bond acceptors (Lipinski definition) is 4. The maximum Gasteiger partial charge on any atom is 0.182 e. The summed E-state index contributed by atoms with van der Waals surface area (Å²) in [5.74, 6) is 0. The third-order valence-electron chi connectivity index (χ3n) is 1.33. The Labute approximate surface area is 107 Å². The molecule has 13 heavy (non-hydrogen) atoms. The second kappa shape index (κ2) is 4.89. The Kier molecular flexibility index (Phi) is 4.82. The number of rotatable bonds is 0. The van der Waals surface area contributed by atoms with E-state index in [2.05, 4.69) is 16.9 Å². The van der Waals surface area contributed by atoms with Crippen LogP contribution < -0.4 is 5.73 Å². The number of nitrogen functional groups attached to an aromatic ring is 1. The van der Waals surface area contributed by atoms with E-state index in [-0.39, 0.29) is 40.1 Å². The minimum atomic E-state index is 0. The van der Waals surface area contributed by atoms with E-state index < -0.39 is 0 Å². The van der Waals surface area contributed by atoms with Crippen LogP contribution in [-0.2, 0) is 32.7 Å². The second-order valence-electron chi connectivity index (χ2n) is 2.18. The van der Waals surface area contributed by atoms with Crippen molar-refractivity contribution in [2.45, 2.75) is 0 Å². The van der Waals surface area contributed by atoms with Crippen molar-refractivity contribution in [3.63, 3.8) is 0 Å². The first-order valence-electron chi connectivity index (χ1n) is 3.11.